The maximum atomic E-state index is 12.5. The van der Waals surface area contributed by atoms with Crippen LogP contribution in [0.15, 0.2) is 54.6 Å². The van der Waals surface area contributed by atoms with Crippen LogP contribution in [-0.2, 0) is 14.8 Å². The molecule has 34 heavy (non-hydrogen) atoms. The van der Waals surface area contributed by atoms with Crippen LogP contribution >= 0.6 is 23.2 Å². The van der Waals surface area contributed by atoms with Gasteiger partial charge in [-0.2, -0.15) is 12.7 Å². The van der Waals surface area contributed by atoms with Crippen molar-refractivity contribution in [2.24, 2.45) is 0 Å². The first-order chi connectivity index (χ1) is 16.0. The Bertz CT molecular complexity index is 1270. The summed E-state index contributed by atoms with van der Waals surface area (Å²) >= 11 is 12.9. The number of carbonyl (C=O) groups excluding carboxylic acids is 2. The van der Waals surface area contributed by atoms with Gasteiger partial charge in [0.05, 0.1) is 41.9 Å². The summed E-state index contributed by atoms with van der Waals surface area (Å²) in [5.41, 5.74) is 2.26. The summed E-state index contributed by atoms with van der Waals surface area (Å²) in [4.78, 5) is 32.2. The predicted octanol–water partition coefficient (Wildman–Crippen LogP) is 2.41. The molecule has 12 heteroatoms. The highest BCUT2D eigenvalue weighted by molar-refractivity contribution is 7.86. The zero-order valence-electron chi connectivity index (χ0n) is 18.7. The Hall–Kier alpha value is -2.79. The number of carbonyl (C=O) groups is 2. The molecule has 2 aromatic rings. The minimum absolute atomic E-state index is 0.139. The first-order valence-electron chi connectivity index (χ1n) is 10.3. The van der Waals surface area contributed by atoms with E-state index in [0.717, 1.165) is 0 Å². The van der Waals surface area contributed by atoms with Gasteiger partial charge in [-0.3, -0.25) is 9.97 Å². The number of quaternary nitrogens is 1. The van der Waals surface area contributed by atoms with Gasteiger partial charge in [-0.1, -0.05) is 47.5 Å². The number of benzene rings is 1. The number of halogens is 2. The van der Waals surface area contributed by atoms with Crippen molar-refractivity contribution in [3.63, 3.8) is 0 Å². The van der Waals surface area contributed by atoms with E-state index < -0.39 is 33.3 Å². The van der Waals surface area contributed by atoms with Crippen LogP contribution in [0.4, 0.5) is 4.79 Å². The third-order valence-corrected chi connectivity index (χ3v) is 8.59. The smallest absolute Gasteiger partial charge is 0.323 e. The van der Waals surface area contributed by atoms with Crippen LogP contribution in [0.1, 0.15) is 31.9 Å². The van der Waals surface area contributed by atoms with Crippen LogP contribution in [-0.4, -0.2) is 42.6 Å². The molecule has 3 rings (SSSR count). The minimum atomic E-state index is -3.73. The van der Waals surface area contributed by atoms with Crippen LogP contribution in [0.5, 0.6) is 0 Å². The Balaban J connectivity index is 1.64. The lowest BCUT2D eigenvalue weighted by Gasteiger charge is -2.21. The van der Waals surface area contributed by atoms with Crippen molar-refractivity contribution < 1.29 is 22.3 Å². The molecule has 0 bridgehead atoms. The molecule has 1 heterocycles. The number of rotatable bonds is 6. The largest absolute Gasteiger partial charge is 0.331 e. The van der Waals surface area contributed by atoms with E-state index in [4.69, 9.17) is 23.2 Å². The van der Waals surface area contributed by atoms with E-state index in [0.29, 0.717) is 32.6 Å². The maximum absolute atomic E-state index is 12.5. The van der Waals surface area contributed by atoms with E-state index >= 15 is 0 Å². The predicted molar refractivity (Wildman–Crippen MR) is 130 cm³/mol. The van der Waals surface area contributed by atoms with Gasteiger partial charge in [-0.15, -0.1) is 0 Å². The van der Waals surface area contributed by atoms with Gasteiger partial charge in [0.2, 0.25) is 0 Å². The molecule has 0 saturated carbocycles. The van der Waals surface area contributed by atoms with Crippen LogP contribution in [0, 0.1) is 0 Å². The average Bonchev–Trinajstić information content (AvgIpc) is 2.80. The van der Waals surface area contributed by atoms with Gasteiger partial charge in [0.15, 0.2) is 0 Å². The fourth-order valence-corrected chi connectivity index (χ4v) is 5.41. The van der Waals surface area contributed by atoms with Crippen molar-refractivity contribution in [2.75, 3.05) is 7.05 Å². The highest BCUT2D eigenvalue weighted by atomic mass is 35.5. The van der Waals surface area contributed by atoms with Crippen molar-refractivity contribution in [1.82, 2.24) is 20.6 Å². The Morgan fingerprint density at radius 3 is 2.53 bits per heavy atom. The first kappa shape index (κ1) is 25.8. The molecular formula is C22H24Cl2N5O4S+. The maximum Gasteiger partial charge on any atom is 0.323 e. The Morgan fingerprint density at radius 1 is 1.21 bits per heavy atom. The SMILES string of the molecule is CC(=O)[NH+](C)S(=O)(=O)C1C=CC(NC(=O)N[C@@H](C)c2ccc(-c3cnccn3)c(Cl)c2Cl)=CC1. The minimum Gasteiger partial charge on any atom is -0.331 e. The fraction of sp³-hybridized carbons (Fsp3) is 0.273. The molecule has 180 valence electrons. The summed E-state index contributed by atoms with van der Waals surface area (Å²) in [6, 6.07) is 2.54. The Labute approximate surface area is 207 Å². The molecule has 2 unspecified atom stereocenters. The van der Waals surface area contributed by atoms with Crippen molar-refractivity contribution in [1.29, 1.82) is 0 Å². The third-order valence-electron chi connectivity index (χ3n) is 5.40. The van der Waals surface area contributed by atoms with Gasteiger partial charge < -0.3 is 10.6 Å². The number of urea groups is 1. The molecule has 0 saturated heterocycles. The van der Waals surface area contributed by atoms with Crippen molar-refractivity contribution in [3.8, 4) is 11.3 Å². The standard InChI is InChI=1S/C22H23Cl2N5O4S/c1-13(17-8-9-18(21(24)20(17)23)19-12-25-10-11-26-19)27-22(31)28-15-4-6-16(7-5-15)34(32,33)29(3)14(2)30/h4-6,8-13,16H,7H2,1-3H3,(H2,27,28,31)/p+1/t13-,16?/m0/s1. The molecule has 0 spiro atoms. The molecule has 3 amide bonds. The van der Waals surface area contributed by atoms with Gasteiger partial charge in [0, 0.05) is 23.7 Å². The van der Waals surface area contributed by atoms with Gasteiger partial charge >= 0.3 is 22.0 Å². The normalized spacial score (nSPS) is 17.4. The number of nitrogens with zero attached hydrogens (tertiary/aromatic N) is 2. The van der Waals surface area contributed by atoms with Gasteiger partial charge in [-0.05, 0) is 25.0 Å². The Morgan fingerprint density at radius 2 is 1.94 bits per heavy atom. The van der Waals surface area contributed by atoms with Gasteiger partial charge in [-0.25, -0.2) is 9.59 Å². The fourth-order valence-electron chi connectivity index (χ4n) is 3.33. The number of hydrogen-bond donors (Lipinski definition) is 3. The molecule has 1 aromatic carbocycles. The van der Waals surface area contributed by atoms with E-state index in [1.807, 2.05) is 0 Å². The third kappa shape index (κ3) is 5.64. The molecule has 1 aromatic heterocycles. The number of hydrogen-bond acceptors (Lipinski definition) is 6. The van der Waals surface area contributed by atoms with E-state index in [-0.39, 0.29) is 10.7 Å². The number of nitrogens with one attached hydrogen (secondary N) is 3. The molecular weight excluding hydrogens is 501 g/mol. The van der Waals surface area contributed by atoms with Crippen LogP contribution in [0.2, 0.25) is 10.0 Å². The van der Waals surface area contributed by atoms with Crippen LogP contribution in [0.25, 0.3) is 11.3 Å². The second-order valence-corrected chi connectivity index (χ2v) is 10.8. The topological polar surface area (TPSA) is 123 Å². The first-order valence-corrected chi connectivity index (χ1v) is 12.6. The van der Waals surface area contributed by atoms with Crippen molar-refractivity contribution >= 4 is 45.2 Å². The molecule has 0 aliphatic heterocycles. The molecule has 3 atom stereocenters. The van der Waals surface area contributed by atoms with Gasteiger partial charge in [0.25, 0.3) is 0 Å². The zero-order chi connectivity index (χ0) is 25.0. The number of sulfonamides is 1. The molecule has 3 N–H and O–H groups in total. The average molecular weight is 525 g/mol. The summed E-state index contributed by atoms with van der Waals surface area (Å²) in [5, 5.41) is 5.20. The quantitative estimate of drug-likeness (QED) is 0.533. The summed E-state index contributed by atoms with van der Waals surface area (Å²) in [5.74, 6) is -0.488. The Kier molecular flexibility index (Phi) is 8.09. The van der Waals surface area contributed by atoms with Crippen LogP contribution < -0.4 is 14.9 Å². The lowest BCUT2D eigenvalue weighted by Crippen LogP contribution is -3.14. The van der Waals surface area contributed by atoms with E-state index in [1.54, 1.807) is 43.7 Å². The molecule has 1 aliphatic carbocycles. The number of allylic oxidation sites excluding steroid dienone is 2. The van der Waals surface area contributed by atoms with Crippen molar-refractivity contribution in [2.45, 2.75) is 31.6 Å². The molecule has 1 aliphatic rings. The lowest BCUT2D eigenvalue weighted by atomic mass is 10.0. The van der Waals surface area contributed by atoms with E-state index in [2.05, 4.69) is 20.6 Å². The van der Waals surface area contributed by atoms with Crippen molar-refractivity contribution in [3.05, 3.63) is 70.3 Å². The van der Waals surface area contributed by atoms with Gasteiger partial charge in [0.1, 0.15) is 5.25 Å². The second-order valence-electron chi connectivity index (χ2n) is 7.69. The monoisotopic (exact) mass is 524 g/mol. The molecule has 0 fully saturated rings. The number of aromatic nitrogens is 2. The molecule has 9 nitrogen and oxygen atoms in total. The summed E-state index contributed by atoms with van der Waals surface area (Å²) in [6.45, 7) is 2.98. The summed E-state index contributed by atoms with van der Waals surface area (Å²) < 4.78 is 24.7. The molecule has 0 radical (unpaired) electrons. The highest BCUT2D eigenvalue weighted by Gasteiger charge is 2.34. The summed E-state index contributed by atoms with van der Waals surface area (Å²) in [6.07, 6.45) is 9.38. The number of amides is 3. The zero-order valence-corrected chi connectivity index (χ0v) is 21.0. The van der Waals surface area contributed by atoms with E-state index in [1.165, 1.54) is 26.1 Å². The summed E-state index contributed by atoms with van der Waals surface area (Å²) in [7, 11) is -2.43. The lowest BCUT2D eigenvalue weighted by molar-refractivity contribution is -0.654. The second kappa shape index (κ2) is 10.6. The van der Waals surface area contributed by atoms with Crippen LogP contribution in [0.3, 0.4) is 0 Å². The highest BCUT2D eigenvalue weighted by Crippen LogP contribution is 2.37. The van der Waals surface area contributed by atoms with E-state index in [9.17, 15) is 18.0 Å².